The Balaban J connectivity index is 0.890. The molecular formula is C62H49NO. The number of anilines is 3. The molecule has 2 heteroatoms. The van der Waals surface area contributed by atoms with Crippen molar-refractivity contribution in [3.05, 3.63) is 212 Å². The predicted molar refractivity (Wildman–Crippen MR) is 268 cm³/mol. The molecule has 4 saturated carbocycles. The molecule has 0 amide bonds. The number of benzene rings is 9. The summed E-state index contributed by atoms with van der Waals surface area (Å²) in [5.74, 6) is 2.84. The smallest absolute Gasteiger partial charge is 0.136 e. The van der Waals surface area contributed by atoms with E-state index < -0.39 is 0 Å². The topological polar surface area (TPSA) is 16.4 Å². The van der Waals surface area contributed by atoms with E-state index >= 15 is 0 Å². The highest BCUT2D eigenvalue weighted by Crippen LogP contribution is 2.61. The maximum absolute atomic E-state index is 6.34. The first-order valence-corrected chi connectivity index (χ1v) is 23.3. The van der Waals surface area contributed by atoms with Crippen LogP contribution >= 0.6 is 0 Å². The van der Waals surface area contributed by atoms with Crippen molar-refractivity contribution < 1.29 is 4.42 Å². The lowest BCUT2D eigenvalue weighted by Gasteiger charge is -2.57. The first kappa shape index (κ1) is 37.4. The van der Waals surface area contributed by atoms with Gasteiger partial charge >= 0.3 is 0 Å². The Labute approximate surface area is 375 Å². The number of rotatable bonds is 8. The third-order valence-electron chi connectivity index (χ3n) is 15.2. The fourth-order valence-electron chi connectivity index (χ4n) is 12.8. The van der Waals surface area contributed by atoms with E-state index in [0.717, 1.165) is 67.9 Å². The van der Waals surface area contributed by atoms with E-state index in [1.54, 1.807) is 5.56 Å². The molecule has 10 aromatic rings. The predicted octanol–water partition coefficient (Wildman–Crippen LogP) is 17.3. The number of nitrogens with zero attached hydrogens (tertiary/aromatic N) is 1. The maximum Gasteiger partial charge on any atom is 0.136 e. The lowest BCUT2D eigenvalue weighted by Crippen LogP contribution is -2.48. The van der Waals surface area contributed by atoms with Gasteiger partial charge in [-0.1, -0.05) is 158 Å². The average molecular weight is 824 g/mol. The van der Waals surface area contributed by atoms with Crippen molar-refractivity contribution >= 4 is 49.8 Å². The maximum atomic E-state index is 6.34. The van der Waals surface area contributed by atoms with Gasteiger partial charge in [-0.25, -0.2) is 0 Å². The van der Waals surface area contributed by atoms with Gasteiger partial charge in [0.15, 0.2) is 0 Å². The molecule has 0 N–H and O–H groups in total. The quantitative estimate of drug-likeness (QED) is 0.152. The molecule has 1 aromatic heterocycles. The summed E-state index contributed by atoms with van der Waals surface area (Å²) in [6, 6.07) is 75.9. The number of para-hydroxylation sites is 1. The molecule has 4 aliphatic carbocycles. The van der Waals surface area contributed by atoms with Crippen LogP contribution in [0.4, 0.5) is 17.1 Å². The first-order chi connectivity index (χ1) is 31.6. The second kappa shape index (κ2) is 15.0. The first-order valence-electron chi connectivity index (χ1n) is 23.3. The summed E-state index contributed by atoms with van der Waals surface area (Å²) in [6.45, 7) is 0. The Morgan fingerprint density at radius 2 is 0.875 bits per heavy atom. The molecule has 14 rings (SSSR count). The minimum Gasteiger partial charge on any atom is -0.456 e. The van der Waals surface area contributed by atoms with Crippen LogP contribution in [0.15, 0.2) is 211 Å². The zero-order valence-electron chi connectivity index (χ0n) is 36.0. The van der Waals surface area contributed by atoms with Crippen LogP contribution in [0.1, 0.15) is 44.1 Å². The molecule has 9 aromatic carbocycles. The van der Waals surface area contributed by atoms with Crippen LogP contribution in [0.3, 0.4) is 0 Å². The van der Waals surface area contributed by atoms with Crippen LogP contribution in [-0.4, -0.2) is 0 Å². The fourth-order valence-corrected chi connectivity index (χ4v) is 12.8. The number of hydrogen-bond acceptors (Lipinski definition) is 2. The summed E-state index contributed by atoms with van der Waals surface area (Å²) in [6.07, 6.45) is 8.63. The Morgan fingerprint density at radius 1 is 0.375 bits per heavy atom. The second-order valence-electron chi connectivity index (χ2n) is 19.1. The van der Waals surface area contributed by atoms with Gasteiger partial charge in [-0.2, -0.15) is 0 Å². The molecule has 2 nitrogen and oxygen atoms in total. The van der Waals surface area contributed by atoms with E-state index in [2.05, 4.69) is 205 Å². The molecule has 0 saturated heterocycles. The van der Waals surface area contributed by atoms with Crippen molar-refractivity contribution in [1.29, 1.82) is 0 Å². The minimum atomic E-state index is 0.412. The molecule has 0 spiro atoms. The highest BCUT2D eigenvalue weighted by atomic mass is 16.3. The second-order valence-corrected chi connectivity index (χ2v) is 19.1. The standard InChI is InChI=1S/C62H49NO/c1-2-10-46(11-3-1)54-17-7-12-48-13-8-18-55(60(48)54)47-26-32-52(33-27-47)63(53-15-6-14-49(37-53)56-19-9-21-59-61(56)57-16-4-5-20-58(57)64-59)51-30-24-45(25-31-51)44-22-28-50(29-23-44)62-38-41-34-42(39-62)36-43(35-41)40-62/h1-33,37,41-43H,34-36,38-40H2. The summed E-state index contributed by atoms with van der Waals surface area (Å²) < 4.78 is 6.34. The lowest BCUT2D eigenvalue weighted by molar-refractivity contribution is -0.00518. The summed E-state index contributed by atoms with van der Waals surface area (Å²) in [5.41, 5.74) is 16.9. The number of furan rings is 1. The van der Waals surface area contributed by atoms with Crippen molar-refractivity contribution in [1.82, 2.24) is 0 Å². The van der Waals surface area contributed by atoms with Gasteiger partial charge in [0.05, 0.1) is 0 Å². The molecular weight excluding hydrogens is 775 g/mol. The zero-order chi connectivity index (χ0) is 42.2. The van der Waals surface area contributed by atoms with Crippen LogP contribution in [-0.2, 0) is 5.41 Å². The molecule has 1 heterocycles. The van der Waals surface area contributed by atoms with E-state index in [-0.39, 0.29) is 0 Å². The van der Waals surface area contributed by atoms with E-state index in [0.29, 0.717) is 5.41 Å². The summed E-state index contributed by atoms with van der Waals surface area (Å²) in [4.78, 5) is 2.40. The van der Waals surface area contributed by atoms with E-state index in [1.807, 2.05) is 6.07 Å². The fraction of sp³-hybridized carbons (Fsp3) is 0.161. The minimum absolute atomic E-state index is 0.412. The Bertz CT molecular complexity index is 3300. The summed E-state index contributed by atoms with van der Waals surface area (Å²) >= 11 is 0. The van der Waals surface area contributed by atoms with Gasteiger partial charge in [-0.15, -0.1) is 0 Å². The van der Waals surface area contributed by atoms with E-state index in [1.165, 1.54) is 82.7 Å². The number of fused-ring (bicyclic) bond motifs is 4. The van der Waals surface area contributed by atoms with Gasteiger partial charge in [0.25, 0.3) is 0 Å². The van der Waals surface area contributed by atoms with Crippen LogP contribution in [0.25, 0.3) is 77.2 Å². The lowest BCUT2D eigenvalue weighted by atomic mass is 9.48. The summed E-state index contributed by atoms with van der Waals surface area (Å²) in [7, 11) is 0. The SMILES string of the molecule is c1ccc(-c2cccc3cccc(-c4ccc(N(c5ccc(-c6ccc(C78CC9CC(CC(C9)C7)C8)cc6)cc5)c5cccc(-c6cccc7oc8ccccc8c67)c5)cc4)c23)cc1. The van der Waals surface area contributed by atoms with Gasteiger partial charge in [0.1, 0.15) is 11.2 Å². The Kier molecular flexibility index (Phi) is 8.76. The van der Waals surface area contributed by atoms with Gasteiger partial charge in [-0.3, -0.25) is 0 Å². The van der Waals surface area contributed by atoms with Crippen LogP contribution in [0, 0.1) is 17.8 Å². The third-order valence-corrected chi connectivity index (χ3v) is 15.2. The highest BCUT2D eigenvalue weighted by Gasteiger charge is 2.51. The molecule has 0 atom stereocenters. The molecule has 4 bridgehead atoms. The molecule has 308 valence electrons. The van der Waals surface area contributed by atoms with Crippen molar-refractivity contribution in [3.63, 3.8) is 0 Å². The number of hydrogen-bond donors (Lipinski definition) is 0. The van der Waals surface area contributed by atoms with Crippen LogP contribution < -0.4 is 4.90 Å². The van der Waals surface area contributed by atoms with Gasteiger partial charge in [-0.05, 0) is 171 Å². The van der Waals surface area contributed by atoms with Crippen molar-refractivity contribution in [3.8, 4) is 44.5 Å². The third kappa shape index (κ3) is 6.30. The Hall–Kier alpha value is -7.16. The average Bonchev–Trinajstić information content (AvgIpc) is 3.73. The van der Waals surface area contributed by atoms with Crippen LogP contribution in [0.5, 0.6) is 0 Å². The van der Waals surface area contributed by atoms with Gasteiger partial charge in [0.2, 0.25) is 0 Å². The molecule has 4 aliphatic rings. The molecule has 0 radical (unpaired) electrons. The van der Waals surface area contributed by atoms with E-state index in [9.17, 15) is 0 Å². The zero-order valence-corrected chi connectivity index (χ0v) is 36.0. The van der Waals surface area contributed by atoms with E-state index in [4.69, 9.17) is 4.42 Å². The largest absolute Gasteiger partial charge is 0.456 e. The van der Waals surface area contributed by atoms with Gasteiger partial charge in [0, 0.05) is 27.8 Å². The van der Waals surface area contributed by atoms with Crippen molar-refractivity contribution in [2.24, 2.45) is 17.8 Å². The Morgan fingerprint density at radius 3 is 1.53 bits per heavy atom. The van der Waals surface area contributed by atoms with Crippen molar-refractivity contribution in [2.45, 2.75) is 43.9 Å². The van der Waals surface area contributed by atoms with Crippen molar-refractivity contribution in [2.75, 3.05) is 4.90 Å². The highest BCUT2D eigenvalue weighted by molar-refractivity contribution is 6.12. The monoisotopic (exact) mass is 823 g/mol. The molecule has 0 aliphatic heterocycles. The normalized spacial score (nSPS) is 20.0. The van der Waals surface area contributed by atoms with Gasteiger partial charge < -0.3 is 9.32 Å². The molecule has 64 heavy (non-hydrogen) atoms. The summed E-state index contributed by atoms with van der Waals surface area (Å²) in [5, 5.41) is 4.80. The molecule has 4 fully saturated rings. The molecule has 0 unspecified atom stereocenters. The van der Waals surface area contributed by atoms with Crippen LogP contribution in [0.2, 0.25) is 0 Å².